The summed E-state index contributed by atoms with van der Waals surface area (Å²) >= 11 is 0. The van der Waals surface area contributed by atoms with Crippen LogP contribution < -0.4 is 9.62 Å². The predicted octanol–water partition coefficient (Wildman–Crippen LogP) is 4.88. The van der Waals surface area contributed by atoms with Crippen LogP contribution in [0, 0.1) is 6.92 Å². The fraction of sp³-hybridized carbons (Fsp3) is 0.375. The smallest absolute Gasteiger partial charge is 0.244 e. The molecule has 0 saturated carbocycles. The third-order valence-electron chi connectivity index (χ3n) is 6.69. The Bertz CT molecular complexity index is 1420. The zero-order valence-electron chi connectivity index (χ0n) is 24.3. The molecule has 0 unspecified atom stereocenters. The molecule has 3 aromatic carbocycles. The van der Waals surface area contributed by atoms with Gasteiger partial charge >= 0.3 is 0 Å². The minimum absolute atomic E-state index is 0.160. The Morgan fingerprint density at radius 1 is 0.875 bits per heavy atom. The van der Waals surface area contributed by atoms with Crippen molar-refractivity contribution in [2.45, 2.75) is 65.6 Å². The molecule has 0 heterocycles. The van der Waals surface area contributed by atoms with Crippen molar-refractivity contribution in [1.29, 1.82) is 0 Å². The van der Waals surface area contributed by atoms with Crippen LogP contribution in [0.25, 0.3) is 0 Å². The molecule has 0 fully saturated rings. The Kier molecular flexibility index (Phi) is 10.1. The fourth-order valence-corrected chi connectivity index (χ4v) is 5.51. The molecule has 0 saturated heterocycles. The number of benzene rings is 3. The molecule has 0 aliphatic carbocycles. The highest BCUT2D eigenvalue weighted by atomic mass is 32.2. The first kappa shape index (κ1) is 30.9. The van der Waals surface area contributed by atoms with Crippen LogP contribution in [0.5, 0.6) is 0 Å². The number of carbonyl (C=O) groups is 2. The highest BCUT2D eigenvalue weighted by Crippen LogP contribution is 2.25. The summed E-state index contributed by atoms with van der Waals surface area (Å²) in [6.45, 7) is 9.32. The number of aryl methyl sites for hydroxylation is 2. The van der Waals surface area contributed by atoms with Crippen LogP contribution in [-0.2, 0) is 39.0 Å². The second-order valence-corrected chi connectivity index (χ2v) is 13.1. The lowest BCUT2D eigenvalue weighted by Gasteiger charge is -2.35. The summed E-state index contributed by atoms with van der Waals surface area (Å²) in [5.74, 6) is -0.747. The molecule has 2 amide bonds. The molecular formula is C32H41N3O4S. The molecule has 8 heteroatoms. The van der Waals surface area contributed by atoms with E-state index >= 15 is 0 Å². The van der Waals surface area contributed by atoms with Crippen LogP contribution >= 0.6 is 0 Å². The second kappa shape index (κ2) is 13.1. The summed E-state index contributed by atoms with van der Waals surface area (Å²) in [6, 6.07) is 23.6. The van der Waals surface area contributed by atoms with E-state index in [1.165, 1.54) is 4.90 Å². The molecule has 1 N–H and O–H groups in total. The quantitative estimate of drug-likeness (QED) is 0.360. The number of nitrogens with zero attached hydrogens (tertiary/aromatic N) is 2. The molecule has 3 rings (SSSR count). The first-order valence-electron chi connectivity index (χ1n) is 13.6. The first-order chi connectivity index (χ1) is 18.8. The van der Waals surface area contributed by atoms with E-state index < -0.39 is 34.1 Å². The SMILES string of the molecule is CCc1ccccc1N(CC(=O)N(Cc1ccccc1C)[C@H](Cc1ccccc1)C(=O)NC(C)(C)C)S(C)(=O)=O. The number of nitrogens with one attached hydrogen (secondary N) is 1. The van der Waals surface area contributed by atoms with E-state index in [1.54, 1.807) is 12.1 Å². The molecule has 7 nitrogen and oxygen atoms in total. The van der Waals surface area contributed by atoms with Gasteiger partial charge in [0.25, 0.3) is 0 Å². The lowest BCUT2D eigenvalue weighted by atomic mass is 10.00. The molecule has 0 aliphatic rings. The van der Waals surface area contributed by atoms with Crippen LogP contribution in [0.1, 0.15) is 49.9 Å². The Morgan fingerprint density at radius 3 is 2.02 bits per heavy atom. The summed E-state index contributed by atoms with van der Waals surface area (Å²) in [4.78, 5) is 29.6. The van der Waals surface area contributed by atoms with E-state index in [0.717, 1.165) is 32.8 Å². The van der Waals surface area contributed by atoms with Gasteiger partial charge < -0.3 is 10.2 Å². The van der Waals surface area contributed by atoms with Crippen molar-refractivity contribution in [3.8, 4) is 0 Å². The lowest BCUT2D eigenvalue weighted by Crippen LogP contribution is -2.56. The Hall–Kier alpha value is -3.65. The van der Waals surface area contributed by atoms with E-state index in [1.807, 2.05) is 101 Å². The Morgan fingerprint density at radius 2 is 1.45 bits per heavy atom. The Labute approximate surface area is 239 Å². The molecule has 0 bridgehead atoms. The van der Waals surface area contributed by atoms with Gasteiger partial charge in [0, 0.05) is 18.5 Å². The van der Waals surface area contributed by atoms with E-state index in [0.29, 0.717) is 12.1 Å². The molecule has 40 heavy (non-hydrogen) atoms. The van der Waals surface area contributed by atoms with E-state index in [2.05, 4.69) is 5.32 Å². The van der Waals surface area contributed by atoms with Gasteiger partial charge in [-0.1, -0.05) is 79.7 Å². The van der Waals surface area contributed by atoms with Gasteiger partial charge in [0.15, 0.2) is 0 Å². The van der Waals surface area contributed by atoms with Gasteiger partial charge in [0.05, 0.1) is 11.9 Å². The zero-order chi connectivity index (χ0) is 29.5. The molecule has 0 radical (unpaired) electrons. The van der Waals surface area contributed by atoms with Crippen molar-refractivity contribution in [3.05, 3.63) is 101 Å². The standard InChI is InChI=1S/C32H41N3O4S/c1-7-26-18-13-14-20-28(26)35(40(6,38)39)23-30(36)34(22-27-19-12-11-15-24(27)2)29(31(37)33-32(3,4)5)21-25-16-9-8-10-17-25/h8-20,29H,7,21-23H2,1-6H3,(H,33,37)/t29-/m1/s1. The number of hydrogen-bond acceptors (Lipinski definition) is 4. The highest BCUT2D eigenvalue weighted by Gasteiger charge is 2.34. The molecule has 3 aromatic rings. The van der Waals surface area contributed by atoms with Crippen molar-refractivity contribution < 1.29 is 18.0 Å². The molecule has 214 valence electrons. The van der Waals surface area contributed by atoms with Gasteiger partial charge in [0.2, 0.25) is 21.8 Å². The van der Waals surface area contributed by atoms with E-state index in [4.69, 9.17) is 0 Å². The molecule has 0 spiro atoms. The average molecular weight is 564 g/mol. The summed E-state index contributed by atoms with van der Waals surface area (Å²) in [5.41, 5.74) is 3.52. The maximum Gasteiger partial charge on any atom is 0.244 e. The summed E-state index contributed by atoms with van der Waals surface area (Å²) in [6.07, 6.45) is 1.99. The maximum atomic E-state index is 14.2. The summed E-state index contributed by atoms with van der Waals surface area (Å²) < 4.78 is 27.2. The molecule has 0 aromatic heterocycles. The van der Waals surface area contributed by atoms with E-state index in [9.17, 15) is 18.0 Å². The monoisotopic (exact) mass is 563 g/mol. The van der Waals surface area contributed by atoms with Crippen molar-refractivity contribution in [1.82, 2.24) is 10.2 Å². The number of hydrogen-bond donors (Lipinski definition) is 1. The van der Waals surface area contributed by atoms with Crippen LogP contribution in [0.2, 0.25) is 0 Å². The van der Waals surface area contributed by atoms with Crippen LogP contribution in [0.15, 0.2) is 78.9 Å². The molecule has 0 aliphatic heterocycles. The maximum absolute atomic E-state index is 14.2. The first-order valence-corrected chi connectivity index (χ1v) is 15.4. The van der Waals surface area contributed by atoms with Gasteiger partial charge in [-0.25, -0.2) is 8.42 Å². The van der Waals surface area contributed by atoms with Gasteiger partial charge in [-0.15, -0.1) is 0 Å². The Balaban J connectivity index is 2.11. The minimum atomic E-state index is -3.81. The third-order valence-corrected chi connectivity index (χ3v) is 7.82. The van der Waals surface area contributed by atoms with E-state index in [-0.39, 0.29) is 18.9 Å². The second-order valence-electron chi connectivity index (χ2n) is 11.1. The number of rotatable bonds is 11. The fourth-order valence-electron chi connectivity index (χ4n) is 4.63. The number of sulfonamides is 1. The highest BCUT2D eigenvalue weighted by molar-refractivity contribution is 7.92. The van der Waals surface area contributed by atoms with Crippen LogP contribution in [0.3, 0.4) is 0 Å². The largest absolute Gasteiger partial charge is 0.350 e. The number of anilines is 1. The lowest BCUT2D eigenvalue weighted by molar-refractivity contribution is -0.140. The van der Waals surface area contributed by atoms with Crippen molar-refractivity contribution in [2.24, 2.45) is 0 Å². The summed E-state index contributed by atoms with van der Waals surface area (Å²) in [7, 11) is -3.81. The summed E-state index contributed by atoms with van der Waals surface area (Å²) in [5, 5.41) is 3.04. The molecular weight excluding hydrogens is 522 g/mol. The normalized spacial score (nSPS) is 12.4. The number of carbonyl (C=O) groups excluding carboxylic acids is 2. The van der Waals surface area contributed by atoms with Crippen molar-refractivity contribution in [2.75, 3.05) is 17.1 Å². The topological polar surface area (TPSA) is 86.8 Å². The number of para-hydroxylation sites is 1. The third kappa shape index (κ3) is 8.42. The van der Waals surface area contributed by atoms with Gasteiger partial charge in [-0.3, -0.25) is 13.9 Å². The minimum Gasteiger partial charge on any atom is -0.350 e. The average Bonchev–Trinajstić information content (AvgIpc) is 2.89. The van der Waals surface area contributed by atoms with Crippen molar-refractivity contribution in [3.63, 3.8) is 0 Å². The van der Waals surface area contributed by atoms with Gasteiger partial charge in [-0.05, 0) is 62.4 Å². The molecule has 1 atom stereocenters. The van der Waals surface area contributed by atoms with Gasteiger partial charge in [-0.2, -0.15) is 0 Å². The zero-order valence-corrected chi connectivity index (χ0v) is 25.2. The number of amides is 2. The predicted molar refractivity (Wildman–Crippen MR) is 162 cm³/mol. The van der Waals surface area contributed by atoms with Crippen LogP contribution in [0.4, 0.5) is 5.69 Å². The van der Waals surface area contributed by atoms with Gasteiger partial charge in [0.1, 0.15) is 12.6 Å². The van der Waals surface area contributed by atoms with Crippen molar-refractivity contribution >= 4 is 27.5 Å². The van der Waals surface area contributed by atoms with Crippen LogP contribution in [-0.4, -0.2) is 49.5 Å².